The maximum atomic E-state index is 12.9. The van der Waals surface area contributed by atoms with Crippen molar-refractivity contribution in [3.8, 4) is 0 Å². The zero-order chi connectivity index (χ0) is 24.6. The average molecular weight is 479 g/mol. The number of hydrogen-bond acceptors (Lipinski definition) is 8. The lowest BCUT2D eigenvalue weighted by Gasteiger charge is -2.68. The van der Waals surface area contributed by atoms with Gasteiger partial charge in [-0.1, -0.05) is 34.1 Å². The van der Waals surface area contributed by atoms with Crippen molar-refractivity contribution in [3.63, 3.8) is 0 Å². The second kappa shape index (κ2) is 7.92. The average Bonchev–Trinajstić information content (AvgIpc) is 3.20. The van der Waals surface area contributed by atoms with Gasteiger partial charge < -0.3 is 24.1 Å². The maximum Gasteiger partial charge on any atom is 0.311 e. The van der Waals surface area contributed by atoms with Crippen molar-refractivity contribution in [2.45, 2.75) is 104 Å². The highest BCUT2D eigenvalue weighted by atomic mass is 16.8. The van der Waals surface area contributed by atoms with Crippen molar-refractivity contribution in [2.75, 3.05) is 0 Å². The molecular formula is C26H38O8. The quantitative estimate of drug-likeness (QED) is 0.484. The van der Waals surface area contributed by atoms with E-state index in [-0.39, 0.29) is 41.0 Å². The Morgan fingerprint density at radius 2 is 1.88 bits per heavy atom. The minimum absolute atomic E-state index is 0.0737. The van der Waals surface area contributed by atoms with E-state index in [4.69, 9.17) is 18.9 Å². The fraction of sp³-hybridized carbons (Fsp3) is 0.885. The van der Waals surface area contributed by atoms with Crippen LogP contribution in [0.2, 0.25) is 0 Å². The van der Waals surface area contributed by atoms with Gasteiger partial charge in [-0.25, -0.2) is 0 Å². The predicted molar refractivity (Wildman–Crippen MR) is 119 cm³/mol. The zero-order valence-corrected chi connectivity index (χ0v) is 20.9. The van der Waals surface area contributed by atoms with Crippen LogP contribution >= 0.6 is 0 Å². The summed E-state index contributed by atoms with van der Waals surface area (Å²) in [6.07, 6.45) is 1.31. The lowest BCUT2D eigenvalue weighted by molar-refractivity contribution is -0.310. The van der Waals surface area contributed by atoms with Crippen LogP contribution in [-0.4, -0.2) is 47.8 Å². The topological polar surface area (TPSA) is 108 Å². The molecule has 190 valence electrons. The molecule has 0 radical (unpaired) electrons. The first-order chi connectivity index (χ1) is 16.0. The van der Waals surface area contributed by atoms with Crippen molar-refractivity contribution >= 4 is 17.9 Å². The van der Waals surface area contributed by atoms with E-state index in [2.05, 4.69) is 20.8 Å². The largest absolute Gasteiger partial charge is 0.458 e. The van der Waals surface area contributed by atoms with Crippen molar-refractivity contribution in [2.24, 2.45) is 39.9 Å². The van der Waals surface area contributed by atoms with Crippen molar-refractivity contribution in [3.05, 3.63) is 0 Å². The van der Waals surface area contributed by atoms with Crippen molar-refractivity contribution < 1.29 is 38.4 Å². The van der Waals surface area contributed by atoms with Crippen LogP contribution in [0.3, 0.4) is 0 Å². The van der Waals surface area contributed by atoms with E-state index in [0.717, 1.165) is 19.3 Å². The summed E-state index contributed by atoms with van der Waals surface area (Å²) in [6.45, 7) is 9.91. The number of ether oxygens (including phenoxy) is 4. The molecule has 5 rings (SSSR count). The lowest BCUT2D eigenvalue weighted by Crippen LogP contribution is -2.73. The summed E-state index contributed by atoms with van der Waals surface area (Å²) in [7, 11) is 0. The summed E-state index contributed by atoms with van der Waals surface area (Å²) in [4.78, 5) is 38.2. The van der Waals surface area contributed by atoms with E-state index < -0.39 is 48.0 Å². The SMILES string of the molecule is CCCC(=O)OC1C2C(C)(C)CCCC2(C)C2CCC3C(=O)OC4OC(O)C2(C1OC(C)=O)C43. The van der Waals surface area contributed by atoms with Gasteiger partial charge in [-0.2, -0.15) is 0 Å². The molecule has 5 aliphatic rings. The Morgan fingerprint density at radius 1 is 1.15 bits per heavy atom. The Bertz CT molecular complexity index is 884. The van der Waals surface area contributed by atoms with E-state index in [9.17, 15) is 19.5 Å². The molecule has 0 aromatic rings. The van der Waals surface area contributed by atoms with Crippen molar-refractivity contribution in [1.82, 2.24) is 0 Å². The normalized spacial score (nSPS) is 48.2. The number of hydrogen-bond donors (Lipinski definition) is 1. The molecule has 2 aliphatic heterocycles. The van der Waals surface area contributed by atoms with E-state index in [1.54, 1.807) is 0 Å². The Labute approximate surface area is 201 Å². The fourth-order valence-corrected chi connectivity index (χ4v) is 9.14. The predicted octanol–water partition coefficient (Wildman–Crippen LogP) is 3.34. The molecule has 10 atom stereocenters. The van der Waals surface area contributed by atoms with Crippen LogP contribution in [0.15, 0.2) is 0 Å². The first-order valence-corrected chi connectivity index (χ1v) is 12.9. The van der Waals surface area contributed by atoms with Gasteiger partial charge in [0.1, 0.15) is 6.10 Å². The van der Waals surface area contributed by atoms with Gasteiger partial charge in [0.05, 0.1) is 11.3 Å². The summed E-state index contributed by atoms with van der Waals surface area (Å²) in [5.41, 5.74) is -1.56. The van der Waals surface area contributed by atoms with Gasteiger partial charge in [0.15, 0.2) is 12.4 Å². The highest BCUT2D eigenvalue weighted by Gasteiger charge is 2.80. The minimum Gasteiger partial charge on any atom is -0.458 e. The number of aliphatic hydroxyl groups is 1. The summed E-state index contributed by atoms with van der Waals surface area (Å²) in [6, 6.07) is 0. The molecule has 5 fully saturated rings. The molecule has 0 amide bonds. The monoisotopic (exact) mass is 478 g/mol. The van der Waals surface area contributed by atoms with Crippen LogP contribution in [0.4, 0.5) is 0 Å². The first-order valence-electron chi connectivity index (χ1n) is 12.9. The lowest BCUT2D eigenvalue weighted by atomic mass is 9.37. The molecule has 1 spiro atoms. The maximum absolute atomic E-state index is 12.9. The molecule has 2 saturated heterocycles. The molecule has 1 N–H and O–H groups in total. The second-order valence-corrected chi connectivity index (χ2v) is 12.1. The highest BCUT2D eigenvalue weighted by Crippen LogP contribution is 2.74. The van der Waals surface area contributed by atoms with Crippen LogP contribution in [0, 0.1) is 39.9 Å². The molecule has 8 heteroatoms. The highest BCUT2D eigenvalue weighted by molar-refractivity contribution is 5.76. The molecule has 2 heterocycles. The Balaban J connectivity index is 1.72. The molecule has 3 saturated carbocycles. The van der Waals surface area contributed by atoms with Crippen LogP contribution in [0.25, 0.3) is 0 Å². The third kappa shape index (κ3) is 3.06. The van der Waals surface area contributed by atoms with Crippen molar-refractivity contribution in [1.29, 1.82) is 0 Å². The smallest absolute Gasteiger partial charge is 0.311 e. The summed E-state index contributed by atoms with van der Waals surface area (Å²) in [5, 5.41) is 11.5. The van der Waals surface area contributed by atoms with Gasteiger partial charge in [-0.3, -0.25) is 14.4 Å². The zero-order valence-electron chi connectivity index (χ0n) is 20.9. The molecule has 0 aromatic heterocycles. The molecule has 8 nitrogen and oxygen atoms in total. The third-order valence-electron chi connectivity index (χ3n) is 9.92. The molecule has 10 unspecified atom stereocenters. The van der Waals surface area contributed by atoms with E-state index in [1.807, 2.05) is 6.92 Å². The molecule has 0 aromatic carbocycles. The number of aliphatic hydroxyl groups excluding tert-OH is 1. The number of esters is 3. The number of carbonyl (C=O) groups is 3. The van der Waals surface area contributed by atoms with E-state index >= 15 is 0 Å². The van der Waals surface area contributed by atoms with Gasteiger partial charge in [0.25, 0.3) is 0 Å². The van der Waals surface area contributed by atoms with E-state index in [0.29, 0.717) is 19.3 Å². The molecule has 34 heavy (non-hydrogen) atoms. The molecule has 3 aliphatic carbocycles. The van der Waals surface area contributed by atoms with Crippen LogP contribution in [-0.2, 0) is 33.3 Å². The third-order valence-corrected chi connectivity index (χ3v) is 9.92. The van der Waals surface area contributed by atoms with Gasteiger partial charge >= 0.3 is 17.9 Å². The summed E-state index contributed by atoms with van der Waals surface area (Å²) >= 11 is 0. The summed E-state index contributed by atoms with van der Waals surface area (Å²) in [5.74, 6) is -2.19. The number of rotatable bonds is 4. The Hall–Kier alpha value is -1.67. The van der Waals surface area contributed by atoms with Gasteiger partial charge in [-0.15, -0.1) is 0 Å². The van der Waals surface area contributed by atoms with Gasteiger partial charge in [0.2, 0.25) is 6.29 Å². The van der Waals surface area contributed by atoms with Gasteiger partial charge in [0, 0.05) is 25.2 Å². The minimum atomic E-state index is -1.29. The van der Waals surface area contributed by atoms with Crippen LogP contribution in [0.1, 0.15) is 79.6 Å². The Morgan fingerprint density at radius 3 is 2.56 bits per heavy atom. The fourth-order valence-electron chi connectivity index (χ4n) is 9.14. The van der Waals surface area contributed by atoms with E-state index in [1.165, 1.54) is 6.92 Å². The van der Waals surface area contributed by atoms with Crippen LogP contribution < -0.4 is 0 Å². The molecular weight excluding hydrogens is 440 g/mol. The first kappa shape index (κ1) is 24.0. The van der Waals surface area contributed by atoms with Crippen LogP contribution in [0.5, 0.6) is 0 Å². The molecule has 0 bridgehead atoms. The number of fused-ring (bicyclic) bond motifs is 2. The summed E-state index contributed by atoms with van der Waals surface area (Å²) < 4.78 is 23.7. The Kier molecular flexibility index (Phi) is 5.60. The second-order valence-electron chi connectivity index (χ2n) is 12.1. The van der Waals surface area contributed by atoms with Gasteiger partial charge in [-0.05, 0) is 48.9 Å². The standard InChI is InChI=1S/C26H38O8/c1-6-8-16(28)32-18-19-24(3,4)11-7-12-25(19,5)15-10-9-14-17-22(33-21(14)29)34-23(30)26(15,17)20(18)31-13(2)27/h14-15,17-20,22-23,30H,6-12H2,1-5H3. The number of carbonyl (C=O) groups excluding carboxylic acids is 3.